The van der Waals surface area contributed by atoms with Crippen LogP contribution in [0.1, 0.15) is 18.2 Å². The van der Waals surface area contributed by atoms with Crippen LogP contribution in [0, 0.1) is 6.92 Å². The third-order valence-corrected chi connectivity index (χ3v) is 10.1. The van der Waals surface area contributed by atoms with E-state index in [-0.39, 0.29) is 21.6 Å². The van der Waals surface area contributed by atoms with Crippen LogP contribution in [-0.2, 0) is 55.0 Å². The number of carbonyl (C=O) groups is 1. The molecule has 1 fully saturated rings. The van der Waals surface area contributed by atoms with Crippen LogP contribution in [-0.4, -0.2) is 122 Å². The molecular weight excluding hydrogens is 717 g/mol. The molecule has 21 nitrogen and oxygen atoms in total. The minimum Gasteiger partial charge on any atom is -0.744 e. The van der Waals surface area contributed by atoms with E-state index >= 15 is 0 Å². The average Bonchev–Trinajstić information content (AvgIpc) is 3.47. The molecule has 0 amide bonds. The molecule has 1 aliphatic heterocycles. The number of hydrogen-bond donors (Lipinski definition) is 7. The number of anilines is 1. The molecule has 1 saturated heterocycles. The SMILES string of the molecule is C[S+](CCC(N)C(=O)O)CC1OC(n2cnc3c(N)ncnc32)C(O)C1O.Cc1ccc(S(=O)(=O)[O-])cc1.O=S(=O)(O)OS(=O)(=O)O. The van der Waals surface area contributed by atoms with Crippen molar-refractivity contribution in [2.45, 2.75) is 48.8 Å². The van der Waals surface area contributed by atoms with Crippen LogP contribution >= 0.6 is 0 Å². The fourth-order valence-corrected chi connectivity index (χ4v) is 6.78. The predicted molar refractivity (Wildman–Crippen MR) is 162 cm³/mol. The smallest absolute Gasteiger partial charge is 0.413 e. The summed E-state index contributed by atoms with van der Waals surface area (Å²) in [5.41, 5.74) is 13.0. The largest absolute Gasteiger partial charge is 0.744 e. The Kier molecular flexibility index (Phi) is 13.9. The summed E-state index contributed by atoms with van der Waals surface area (Å²) in [7, 11) is -14.7. The highest BCUT2D eigenvalue weighted by Gasteiger charge is 2.46. The van der Waals surface area contributed by atoms with E-state index in [1.165, 1.54) is 29.4 Å². The minimum atomic E-state index is -5.12. The van der Waals surface area contributed by atoms with E-state index in [2.05, 4.69) is 18.6 Å². The first-order chi connectivity index (χ1) is 21.5. The number of fused-ring (bicyclic) bond motifs is 1. The Bertz CT molecular complexity index is 1810. The third-order valence-electron chi connectivity index (χ3n) is 6.02. The summed E-state index contributed by atoms with van der Waals surface area (Å²) in [6.45, 7) is 1.82. The molecule has 47 heavy (non-hydrogen) atoms. The summed E-state index contributed by atoms with van der Waals surface area (Å²) in [6, 6.07) is 4.88. The zero-order valence-electron chi connectivity index (χ0n) is 24.4. The van der Waals surface area contributed by atoms with Crippen molar-refractivity contribution in [2.75, 3.05) is 23.5 Å². The lowest BCUT2D eigenvalue weighted by Crippen LogP contribution is -2.37. The van der Waals surface area contributed by atoms with Gasteiger partial charge in [-0.25, -0.2) is 23.4 Å². The highest BCUT2D eigenvalue weighted by Crippen LogP contribution is 2.32. The van der Waals surface area contributed by atoms with Crippen molar-refractivity contribution in [1.29, 1.82) is 0 Å². The third kappa shape index (κ3) is 12.8. The molecule has 0 saturated carbocycles. The van der Waals surface area contributed by atoms with E-state index in [9.17, 15) is 44.8 Å². The maximum absolute atomic E-state index is 10.8. The number of carboxylic acids is 1. The average molecular weight is 749 g/mol. The molecule has 6 atom stereocenters. The Hall–Kier alpha value is -3.08. The number of aliphatic carboxylic acids is 1. The topological polar surface area (TPSA) is 358 Å². The van der Waals surface area contributed by atoms with Crippen molar-refractivity contribution in [1.82, 2.24) is 19.5 Å². The van der Waals surface area contributed by atoms with Gasteiger partial charge in [-0.15, -0.1) is 3.63 Å². The lowest BCUT2D eigenvalue weighted by molar-refractivity contribution is -0.138. The molecule has 25 heteroatoms. The molecule has 0 radical (unpaired) electrons. The van der Waals surface area contributed by atoms with Crippen molar-refractivity contribution in [3.05, 3.63) is 42.5 Å². The maximum atomic E-state index is 10.8. The van der Waals surface area contributed by atoms with Crippen molar-refractivity contribution >= 4 is 64.8 Å². The van der Waals surface area contributed by atoms with Crippen LogP contribution in [0.4, 0.5) is 5.82 Å². The van der Waals surface area contributed by atoms with Gasteiger partial charge in [-0.2, -0.15) is 16.8 Å². The number of nitrogens with two attached hydrogens (primary N) is 2. The second-order valence-corrected chi connectivity index (χ2v) is 15.6. The number of aliphatic hydroxyl groups excluding tert-OH is 2. The standard InChI is InChI=1S/C15H22N6O5S.C7H8O3S.H2O7S2/c1-27(3-2-7(16)15(24)25)4-8-10(22)11(23)14(26-8)21-6-20-9-12(17)18-5-19-13(9)21;1-6-2-4-7(5-3-6)11(8,9)10;1-8(2,3)7-9(4,5)6/h5-8,10-11,14,22-23H,2-4,16H2,1H3,(H2-,17,18,19,24,25);2-5H,1H3,(H,8,9,10);(H,1,2,3)(H,4,5,6). The first-order valence-electron chi connectivity index (χ1n) is 12.7. The Labute approximate surface area is 271 Å². The summed E-state index contributed by atoms with van der Waals surface area (Å²) >= 11 is 0. The number of aromatic nitrogens is 4. The first kappa shape index (κ1) is 40.1. The number of nitrogens with zero attached hydrogens (tertiary/aromatic N) is 4. The number of benzene rings is 1. The van der Waals surface area contributed by atoms with Crippen LogP contribution < -0.4 is 11.5 Å². The van der Waals surface area contributed by atoms with Crippen molar-refractivity contribution in [3.8, 4) is 0 Å². The number of carboxylic acid groups (broad SMARTS) is 1. The van der Waals surface area contributed by atoms with E-state index in [1.807, 2.05) is 13.2 Å². The summed E-state index contributed by atoms with van der Waals surface area (Å²) < 4.78 is 94.1. The van der Waals surface area contributed by atoms with Gasteiger partial charge in [0.1, 0.15) is 57.8 Å². The van der Waals surface area contributed by atoms with Gasteiger partial charge in [-0.3, -0.25) is 18.5 Å². The Morgan fingerprint density at radius 3 is 2.13 bits per heavy atom. The Morgan fingerprint density at radius 1 is 1.06 bits per heavy atom. The lowest BCUT2D eigenvalue weighted by Gasteiger charge is -2.16. The summed E-state index contributed by atoms with van der Waals surface area (Å²) in [5, 5.41) is 29.7. The number of aliphatic hydroxyl groups is 2. The van der Waals surface area contributed by atoms with Gasteiger partial charge >= 0.3 is 26.8 Å². The molecule has 0 spiro atoms. The van der Waals surface area contributed by atoms with Crippen LogP contribution in [0.5, 0.6) is 0 Å². The van der Waals surface area contributed by atoms with E-state index in [4.69, 9.17) is 30.4 Å². The van der Waals surface area contributed by atoms with Gasteiger partial charge in [-0.1, -0.05) is 17.7 Å². The second kappa shape index (κ2) is 16.3. The number of hydrogen-bond acceptors (Lipinski definition) is 17. The number of aryl methyl sites for hydroxylation is 1. The summed E-state index contributed by atoms with van der Waals surface area (Å²) in [5.74, 6) is 0.254. The van der Waals surface area contributed by atoms with Crippen LogP contribution in [0.3, 0.4) is 0 Å². The van der Waals surface area contributed by atoms with Crippen LogP contribution in [0.2, 0.25) is 0 Å². The Balaban J connectivity index is 0.000000315. The highest BCUT2D eigenvalue weighted by atomic mass is 32.3. The van der Waals surface area contributed by atoms with Gasteiger partial charge in [0.15, 0.2) is 17.7 Å². The number of imidazole rings is 1. The molecule has 0 bridgehead atoms. The molecule has 9 N–H and O–H groups in total. The van der Waals surface area contributed by atoms with Gasteiger partial charge in [0.2, 0.25) is 0 Å². The van der Waals surface area contributed by atoms with E-state index < -0.39 is 67.5 Å². The normalized spacial score (nSPS) is 21.2. The fourth-order valence-electron chi connectivity index (χ4n) is 3.78. The van der Waals surface area contributed by atoms with Crippen molar-refractivity contribution < 1.29 is 67.4 Å². The summed E-state index contributed by atoms with van der Waals surface area (Å²) in [6.07, 6.45) is 1.31. The highest BCUT2D eigenvalue weighted by molar-refractivity contribution is 7.96. The van der Waals surface area contributed by atoms with Gasteiger partial charge in [0, 0.05) is 6.42 Å². The zero-order valence-corrected chi connectivity index (χ0v) is 27.6. The number of nitrogen functional groups attached to an aromatic ring is 1. The predicted octanol–water partition coefficient (Wildman–Crippen LogP) is -2.41. The first-order valence-corrected chi connectivity index (χ1v) is 18.8. The van der Waals surface area contributed by atoms with E-state index in [0.717, 1.165) is 5.56 Å². The lowest BCUT2D eigenvalue weighted by atomic mass is 10.1. The van der Waals surface area contributed by atoms with E-state index in [1.54, 1.807) is 12.1 Å². The van der Waals surface area contributed by atoms with Crippen LogP contribution in [0.15, 0.2) is 41.8 Å². The fraction of sp³-hybridized carbons (Fsp3) is 0.455. The number of rotatable bonds is 10. The molecule has 6 unspecified atom stereocenters. The molecule has 3 aromatic rings. The van der Waals surface area contributed by atoms with E-state index in [0.29, 0.717) is 29.1 Å². The molecule has 264 valence electrons. The molecule has 4 rings (SSSR count). The quantitative estimate of drug-likeness (QED) is 0.0838. The molecule has 3 heterocycles. The van der Waals surface area contributed by atoms with Gasteiger partial charge in [0.25, 0.3) is 0 Å². The van der Waals surface area contributed by atoms with Gasteiger partial charge < -0.3 is 36.1 Å². The second-order valence-electron chi connectivity index (χ2n) is 9.71. The molecule has 2 aromatic heterocycles. The van der Waals surface area contributed by atoms with Crippen molar-refractivity contribution in [3.63, 3.8) is 0 Å². The molecule has 1 aliphatic rings. The van der Waals surface area contributed by atoms with Crippen molar-refractivity contribution in [2.24, 2.45) is 5.73 Å². The molecule has 0 aliphatic carbocycles. The zero-order chi connectivity index (χ0) is 35.9. The maximum Gasteiger partial charge on any atom is 0.413 e. The van der Waals surface area contributed by atoms with Gasteiger partial charge in [0.05, 0.1) is 17.5 Å². The summed E-state index contributed by atoms with van der Waals surface area (Å²) in [4.78, 5) is 22.8. The minimum absolute atomic E-state index is 0.178. The van der Waals surface area contributed by atoms with Gasteiger partial charge in [-0.05, 0) is 30.0 Å². The molecular formula is C22H32N6O15S4. The monoisotopic (exact) mass is 748 g/mol. The molecule has 1 aromatic carbocycles. The Morgan fingerprint density at radius 2 is 1.64 bits per heavy atom. The van der Waals surface area contributed by atoms with Crippen LogP contribution in [0.25, 0.3) is 11.2 Å². The number of ether oxygens (including phenoxy) is 1.